The summed E-state index contributed by atoms with van der Waals surface area (Å²) < 4.78 is 37.9. The molecule has 2 aliphatic heterocycles. The Labute approximate surface area is 148 Å². The van der Waals surface area contributed by atoms with Gasteiger partial charge in [-0.25, -0.2) is 0 Å². The number of alkyl halides is 3. The second-order valence-electron chi connectivity index (χ2n) is 6.62. The van der Waals surface area contributed by atoms with Crippen molar-refractivity contribution in [2.45, 2.75) is 18.4 Å². The summed E-state index contributed by atoms with van der Waals surface area (Å²) in [6.07, 6.45) is -1.85. The number of aliphatic imine (C=N–C) groups is 1. The van der Waals surface area contributed by atoms with Crippen LogP contribution in [0.15, 0.2) is 35.5 Å². The van der Waals surface area contributed by atoms with Gasteiger partial charge >= 0.3 is 6.18 Å². The van der Waals surface area contributed by atoms with Crippen molar-refractivity contribution in [3.8, 4) is 0 Å². The number of nitrogens with two attached hydrogens (primary N) is 1. The molecular weight excluding hydrogens is 345 g/mol. The number of amidine groups is 1. The van der Waals surface area contributed by atoms with Gasteiger partial charge in [0.1, 0.15) is 18.2 Å². The van der Waals surface area contributed by atoms with Crippen LogP contribution in [0.1, 0.15) is 16.7 Å². The number of likely N-dealkylation sites (N-methyl/N-ethyl adjacent to an activating group) is 1. The summed E-state index contributed by atoms with van der Waals surface area (Å²) in [6, 6.07) is 7.48. The highest BCUT2D eigenvalue weighted by molar-refractivity contribution is 6.05. The van der Waals surface area contributed by atoms with E-state index in [4.69, 9.17) is 5.73 Å². The minimum absolute atomic E-state index is 0.109. The molecule has 0 fully saturated rings. The van der Waals surface area contributed by atoms with Gasteiger partial charge in [0.15, 0.2) is 5.79 Å². The average molecular weight is 364 g/mol. The maximum Gasteiger partial charge on any atom is 0.408 e. The quantitative estimate of drug-likeness (QED) is 0.658. The van der Waals surface area contributed by atoms with Crippen molar-refractivity contribution >= 4 is 17.3 Å². The number of anilines is 2. The Morgan fingerprint density at radius 2 is 2.08 bits per heavy atom. The molecule has 2 aliphatic rings. The number of H-pyrrole nitrogens is 1. The molecule has 4 rings (SSSR count). The van der Waals surface area contributed by atoms with Crippen LogP contribution in [0.5, 0.6) is 0 Å². The second-order valence-corrected chi connectivity index (χ2v) is 6.62. The lowest BCUT2D eigenvalue weighted by Crippen LogP contribution is -2.61. The van der Waals surface area contributed by atoms with E-state index in [-0.39, 0.29) is 5.84 Å². The Balaban J connectivity index is 1.71. The minimum Gasteiger partial charge on any atom is -0.374 e. The number of fused-ring (bicyclic) bond motifs is 2. The lowest BCUT2D eigenvalue weighted by atomic mass is 10.0. The molecule has 0 radical (unpaired) electrons. The van der Waals surface area contributed by atoms with Crippen LogP contribution in [0.3, 0.4) is 0 Å². The van der Waals surface area contributed by atoms with E-state index in [0.29, 0.717) is 11.4 Å². The number of rotatable bonds is 2. The van der Waals surface area contributed by atoms with Gasteiger partial charge in [0, 0.05) is 31.0 Å². The van der Waals surface area contributed by atoms with E-state index in [1.807, 2.05) is 25.2 Å². The third kappa shape index (κ3) is 2.88. The molecule has 1 atom stereocenters. The molecule has 26 heavy (non-hydrogen) atoms. The molecule has 3 heterocycles. The highest BCUT2D eigenvalue weighted by Crippen LogP contribution is 2.33. The Morgan fingerprint density at radius 1 is 1.27 bits per heavy atom. The number of halogens is 3. The first kappa shape index (κ1) is 16.8. The normalized spacial score (nSPS) is 23.4. The van der Waals surface area contributed by atoms with Crippen LogP contribution in [0.25, 0.3) is 0 Å². The Morgan fingerprint density at radius 3 is 2.85 bits per heavy atom. The van der Waals surface area contributed by atoms with Crippen molar-refractivity contribution in [3.05, 3.63) is 47.2 Å². The third-order valence-electron chi connectivity index (χ3n) is 4.72. The first-order chi connectivity index (χ1) is 12.3. The van der Waals surface area contributed by atoms with Crippen molar-refractivity contribution in [2.24, 2.45) is 10.7 Å². The maximum atomic E-state index is 12.6. The molecule has 0 aliphatic carbocycles. The van der Waals surface area contributed by atoms with E-state index < -0.39 is 18.5 Å². The van der Waals surface area contributed by atoms with E-state index in [1.54, 1.807) is 12.3 Å². The van der Waals surface area contributed by atoms with Crippen LogP contribution in [0.4, 0.5) is 24.7 Å². The molecule has 9 heteroatoms. The monoisotopic (exact) mass is 364 g/mol. The number of nitrogens with zero attached hydrogens (tertiary/aromatic N) is 2. The minimum atomic E-state index is -4.38. The van der Waals surface area contributed by atoms with Crippen LogP contribution in [-0.2, 0) is 12.2 Å². The fraction of sp³-hybridized carbons (Fsp3) is 0.353. The molecule has 1 aromatic heterocycles. The van der Waals surface area contributed by atoms with Gasteiger partial charge in [-0.2, -0.15) is 13.2 Å². The SMILES string of the molecule is CN1CCc2cc(C3(N)NC(=NCC(F)(F)F)c4cc[nH]c4N3)ccc21. The van der Waals surface area contributed by atoms with Crippen LogP contribution >= 0.6 is 0 Å². The summed E-state index contributed by atoms with van der Waals surface area (Å²) in [7, 11) is 2.02. The van der Waals surface area contributed by atoms with Crippen LogP contribution in [0, 0.1) is 0 Å². The third-order valence-corrected chi connectivity index (χ3v) is 4.72. The number of nitrogens with one attached hydrogen (secondary N) is 3. The molecule has 0 saturated carbocycles. The highest BCUT2D eigenvalue weighted by atomic mass is 19.4. The molecule has 5 N–H and O–H groups in total. The van der Waals surface area contributed by atoms with Crippen molar-refractivity contribution in [3.63, 3.8) is 0 Å². The van der Waals surface area contributed by atoms with E-state index in [0.717, 1.165) is 29.8 Å². The lowest BCUT2D eigenvalue weighted by molar-refractivity contribution is -0.118. The number of aromatic amines is 1. The van der Waals surface area contributed by atoms with Crippen molar-refractivity contribution in [1.82, 2.24) is 10.3 Å². The predicted octanol–water partition coefficient (Wildman–Crippen LogP) is 2.10. The maximum absolute atomic E-state index is 12.6. The summed E-state index contributed by atoms with van der Waals surface area (Å²) in [5.41, 5.74) is 10.0. The number of aromatic nitrogens is 1. The van der Waals surface area contributed by atoms with Gasteiger partial charge < -0.3 is 20.5 Å². The van der Waals surface area contributed by atoms with Crippen LogP contribution < -0.4 is 21.3 Å². The van der Waals surface area contributed by atoms with Gasteiger partial charge in [0.25, 0.3) is 0 Å². The van der Waals surface area contributed by atoms with Crippen molar-refractivity contribution in [2.75, 3.05) is 30.4 Å². The number of hydrogen-bond donors (Lipinski definition) is 4. The van der Waals surface area contributed by atoms with Crippen molar-refractivity contribution < 1.29 is 13.2 Å². The summed E-state index contributed by atoms with van der Waals surface area (Å²) in [4.78, 5) is 8.83. The summed E-state index contributed by atoms with van der Waals surface area (Å²) >= 11 is 0. The zero-order valence-corrected chi connectivity index (χ0v) is 14.1. The van der Waals surface area contributed by atoms with Crippen molar-refractivity contribution in [1.29, 1.82) is 0 Å². The largest absolute Gasteiger partial charge is 0.408 e. The van der Waals surface area contributed by atoms with Gasteiger partial charge in [-0.3, -0.25) is 10.7 Å². The fourth-order valence-electron chi connectivity index (χ4n) is 3.40. The topological polar surface area (TPSA) is 81.5 Å². The molecule has 138 valence electrons. The molecule has 1 aromatic carbocycles. The van der Waals surface area contributed by atoms with Gasteiger partial charge in [-0.15, -0.1) is 0 Å². The summed E-state index contributed by atoms with van der Waals surface area (Å²) in [5, 5.41) is 6.08. The van der Waals surface area contributed by atoms with E-state index in [1.165, 1.54) is 0 Å². The average Bonchev–Trinajstić information content (AvgIpc) is 3.18. The van der Waals surface area contributed by atoms with E-state index in [9.17, 15) is 13.2 Å². The van der Waals surface area contributed by atoms with Gasteiger partial charge in [-0.1, -0.05) is 6.07 Å². The smallest absolute Gasteiger partial charge is 0.374 e. The molecule has 0 spiro atoms. The Hall–Kier alpha value is -2.68. The molecule has 0 saturated heterocycles. The first-order valence-corrected chi connectivity index (χ1v) is 8.24. The predicted molar refractivity (Wildman–Crippen MR) is 94.3 cm³/mol. The highest BCUT2D eigenvalue weighted by Gasteiger charge is 2.37. The number of hydrogen-bond acceptors (Lipinski definition) is 4. The molecule has 6 nitrogen and oxygen atoms in total. The van der Waals surface area contributed by atoms with Gasteiger partial charge in [0.2, 0.25) is 0 Å². The molecular formula is C17H19F3N6. The molecule has 1 unspecified atom stereocenters. The zero-order chi connectivity index (χ0) is 18.5. The van der Waals surface area contributed by atoms with Crippen LogP contribution in [-0.4, -0.2) is 37.1 Å². The summed E-state index contributed by atoms with van der Waals surface area (Å²) in [6.45, 7) is -0.346. The zero-order valence-electron chi connectivity index (χ0n) is 14.1. The number of benzene rings is 1. The second kappa shape index (κ2) is 5.66. The molecule has 0 bridgehead atoms. The van der Waals surface area contributed by atoms with E-state index in [2.05, 4.69) is 25.5 Å². The first-order valence-electron chi connectivity index (χ1n) is 8.24. The lowest BCUT2D eigenvalue weighted by Gasteiger charge is -2.38. The molecule has 0 amide bonds. The molecule has 2 aromatic rings. The Kier molecular flexibility index (Phi) is 3.65. The summed E-state index contributed by atoms with van der Waals surface area (Å²) in [5.74, 6) is -0.624. The van der Waals surface area contributed by atoms with Gasteiger partial charge in [-0.05, 0) is 30.2 Å². The fourth-order valence-corrected chi connectivity index (χ4v) is 3.40. The van der Waals surface area contributed by atoms with Crippen LogP contribution in [0.2, 0.25) is 0 Å². The van der Waals surface area contributed by atoms with Gasteiger partial charge in [0.05, 0.1) is 5.56 Å². The van der Waals surface area contributed by atoms with E-state index >= 15 is 0 Å². The Bertz CT molecular complexity index is 872. The standard InChI is InChI=1S/C17H19F3N6/c1-26-7-5-10-8-11(2-3-13(10)26)17(21)24-14-12(4-6-22-14)15(25-17)23-9-16(18,19)20/h2-4,6,8,22,24H,5,7,9,21H2,1H3,(H,23,25).